The van der Waals surface area contributed by atoms with Gasteiger partial charge < -0.3 is 10.1 Å². The molecule has 0 aromatic heterocycles. The number of hydrogen-bond donors (Lipinski definition) is 1. The van der Waals surface area contributed by atoms with Gasteiger partial charge in [-0.3, -0.25) is 0 Å². The summed E-state index contributed by atoms with van der Waals surface area (Å²) in [4.78, 5) is 0. The van der Waals surface area contributed by atoms with Gasteiger partial charge in [0.2, 0.25) is 0 Å². The first-order valence-electron chi connectivity index (χ1n) is 5.68. The van der Waals surface area contributed by atoms with E-state index in [-0.39, 0.29) is 11.1 Å². The molecule has 1 fully saturated rings. The van der Waals surface area contributed by atoms with Crippen LogP contribution < -0.4 is 5.32 Å². The highest BCUT2D eigenvalue weighted by molar-refractivity contribution is 6.33. The number of benzene rings is 1. The van der Waals surface area contributed by atoms with Gasteiger partial charge >= 0.3 is 6.18 Å². The van der Waals surface area contributed by atoms with Gasteiger partial charge in [0.25, 0.3) is 0 Å². The maximum absolute atomic E-state index is 12.5. The molecule has 1 atom stereocenters. The molecule has 1 aromatic carbocycles. The second-order valence-corrected chi connectivity index (χ2v) is 4.66. The second-order valence-electron chi connectivity index (χ2n) is 4.25. The minimum absolute atomic E-state index is 0.0791. The van der Waals surface area contributed by atoms with Crippen LogP contribution in [0.1, 0.15) is 18.4 Å². The van der Waals surface area contributed by atoms with E-state index in [0.29, 0.717) is 12.3 Å². The lowest BCUT2D eigenvalue weighted by atomic mass is 10.1. The summed E-state index contributed by atoms with van der Waals surface area (Å²) in [5.74, 6) is 0. The Morgan fingerprint density at radius 3 is 2.67 bits per heavy atom. The molecule has 1 saturated heterocycles. The summed E-state index contributed by atoms with van der Waals surface area (Å²) in [5, 5.41) is 3.18. The van der Waals surface area contributed by atoms with Crippen LogP contribution in [0.25, 0.3) is 0 Å². The lowest BCUT2D eigenvalue weighted by molar-refractivity contribution is -0.137. The first-order valence-corrected chi connectivity index (χ1v) is 6.05. The third-order valence-corrected chi connectivity index (χ3v) is 3.13. The fourth-order valence-electron chi connectivity index (χ4n) is 1.88. The molecule has 1 heterocycles. The molecule has 1 aliphatic heterocycles. The molecule has 2 rings (SSSR count). The van der Waals surface area contributed by atoms with Crippen molar-refractivity contribution in [1.82, 2.24) is 0 Å². The summed E-state index contributed by atoms with van der Waals surface area (Å²) in [6.07, 6.45) is -2.50. The van der Waals surface area contributed by atoms with Crippen LogP contribution in [0.5, 0.6) is 0 Å². The Bertz CT molecular complexity index is 416. The fraction of sp³-hybridized carbons (Fsp3) is 0.500. The molecule has 2 nitrogen and oxygen atoms in total. The lowest BCUT2D eigenvalue weighted by Gasteiger charge is -2.24. The van der Waals surface area contributed by atoms with Crippen molar-refractivity contribution in [3.05, 3.63) is 28.8 Å². The number of halogens is 4. The monoisotopic (exact) mass is 279 g/mol. The highest BCUT2D eigenvalue weighted by atomic mass is 35.5. The Kier molecular flexibility index (Phi) is 4.02. The van der Waals surface area contributed by atoms with Gasteiger partial charge in [-0.2, -0.15) is 13.2 Å². The minimum Gasteiger partial charge on any atom is -0.379 e. The Balaban J connectivity index is 2.09. The molecule has 0 spiro atoms. The quantitative estimate of drug-likeness (QED) is 0.885. The molecule has 0 saturated carbocycles. The van der Waals surface area contributed by atoms with E-state index in [1.54, 1.807) is 0 Å². The highest BCUT2D eigenvalue weighted by Gasteiger charge is 2.31. The Morgan fingerprint density at radius 2 is 2.11 bits per heavy atom. The van der Waals surface area contributed by atoms with Gasteiger partial charge in [-0.15, -0.1) is 0 Å². The van der Waals surface area contributed by atoms with E-state index in [1.807, 2.05) is 0 Å². The standard InChI is InChI=1S/C12H13ClF3NO/c13-10-6-8(12(14,15)16)3-4-11(10)17-9-2-1-5-18-7-9/h3-4,6,9,17H,1-2,5,7H2. The van der Waals surface area contributed by atoms with E-state index in [1.165, 1.54) is 6.07 Å². The van der Waals surface area contributed by atoms with Crippen molar-refractivity contribution in [2.45, 2.75) is 25.1 Å². The number of ether oxygens (including phenoxy) is 1. The topological polar surface area (TPSA) is 21.3 Å². The smallest absolute Gasteiger partial charge is 0.379 e. The zero-order valence-corrected chi connectivity index (χ0v) is 10.3. The van der Waals surface area contributed by atoms with Gasteiger partial charge in [-0.05, 0) is 31.0 Å². The number of rotatable bonds is 2. The molecule has 6 heteroatoms. The van der Waals surface area contributed by atoms with E-state index >= 15 is 0 Å². The summed E-state index contributed by atoms with van der Waals surface area (Å²) in [6.45, 7) is 1.29. The molecule has 18 heavy (non-hydrogen) atoms. The third kappa shape index (κ3) is 3.29. The largest absolute Gasteiger partial charge is 0.416 e. The molecule has 1 unspecified atom stereocenters. The molecule has 1 aromatic rings. The normalized spacial score (nSPS) is 20.8. The maximum Gasteiger partial charge on any atom is 0.416 e. The zero-order valence-electron chi connectivity index (χ0n) is 9.56. The average Bonchev–Trinajstić information content (AvgIpc) is 2.32. The van der Waals surface area contributed by atoms with Crippen molar-refractivity contribution in [1.29, 1.82) is 0 Å². The summed E-state index contributed by atoms with van der Waals surface area (Å²) >= 11 is 5.85. The van der Waals surface area contributed by atoms with E-state index in [9.17, 15) is 13.2 Å². The van der Waals surface area contributed by atoms with Crippen molar-refractivity contribution < 1.29 is 17.9 Å². The molecular weight excluding hydrogens is 267 g/mol. The first kappa shape index (κ1) is 13.5. The summed E-state index contributed by atoms with van der Waals surface area (Å²) in [7, 11) is 0. The van der Waals surface area contributed by atoms with Crippen molar-refractivity contribution >= 4 is 17.3 Å². The van der Waals surface area contributed by atoms with E-state index in [4.69, 9.17) is 16.3 Å². The first-order chi connectivity index (χ1) is 8.47. The minimum atomic E-state index is -4.36. The van der Waals surface area contributed by atoms with Crippen molar-refractivity contribution in [2.24, 2.45) is 0 Å². The predicted molar refractivity (Wildman–Crippen MR) is 63.9 cm³/mol. The summed E-state index contributed by atoms with van der Waals surface area (Å²) < 4.78 is 42.7. The molecule has 0 aliphatic carbocycles. The molecule has 0 amide bonds. The van der Waals surface area contributed by atoms with Crippen LogP contribution >= 0.6 is 11.6 Å². The number of anilines is 1. The fourth-order valence-corrected chi connectivity index (χ4v) is 2.12. The van der Waals surface area contributed by atoms with Crippen LogP contribution in [0.4, 0.5) is 18.9 Å². The van der Waals surface area contributed by atoms with Gasteiger partial charge in [0.05, 0.1) is 22.9 Å². The van der Waals surface area contributed by atoms with E-state index < -0.39 is 11.7 Å². The molecular formula is C12H13ClF3NO. The lowest BCUT2D eigenvalue weighted by Crippen LogP contribution is -2.30. The molecule has 100 valence electrons. The van der Waals surface area contributed by atoms with Gasteiger partial charge in [-0.1, -0.05) is 11.6 Å². The highest BCUT2D eigenvalue weighted by Crippen LogP contribution is 2.34. The third-order valence-electron chi connectivity index (χ3n) is 2.82. The Labute approximate surface area is 108 Å². The van der Waals surface area contributed by atoms with Gasteiger partial charge in [-0.25, -0.2) is 0 Å². The molecule has 1 N–H and O–H groups in total. The Hall–Kier alpha value is -0.940. The van der Waals surface area contributed by atoms with Crippen LogP contribution in [0.15, 0.2) is 18.2 Å². The molecule has 0 bridgehead atoms. The Morgan fingerprint density at radius 1 is 1.33 bits per heavy atom. The van der Waals surface area contributed by atoms with Crippen LogP contribution in [-0.2, 0) is 10.9 Å². The zero-order chi connectivity index (χ0) is 13.2. The van der Waals surface area contributed by atoms with Crippen LogP contribution in [0.2, 0.25) is 5.02 Å². The van der Waals surface area contributed by atoms with Crippen LogP contribution in [0.3, 0.4) is 0 Å². The van der Waals surface area contributed by atoms with Gasteiger partial charge in [0.1, 0.15) is 0 Å². The van der Waals surface area contributed by atoms with Crippen LogP contribution in [-0.4, -0.2) is 19.3 Å². The second kappa shape index (κ2) is 5.36. The number of alkyl halides is 3. The van der Waals surface area contributed by atoms with Crippen molar-refractivity contribution in [3.8, 4) is 0 Å². The molecule has 0 radical (unpaired) electrons. The number of nitrogens with one attached hydrogen (secondary N) is 1. The maximum atomic E-state index is 12.5. The predicted octanol–water partition coefficient (Wildman–Crippen LogP) is 3.95. The summed E-state index contributed by atoms with van der Waals surface area (Å²) in [6, 6.07) is 3.43. The average molecular weight is 280 g/mol. The van der Waals surface area contributed by atoms with Gasteiger partial charge in [0.15, 0.2) is 0 Å². The van der Waals surface area contributed by atoms with Crippen molar-refractivity contribution in [2.75, 3.05) is 18.5 Å². The SMILES string of the molecule is FC(F)(F)c1ccc(NC2CCCOC2)c(Cl)c1. The van der Waals surface area contributed by atoms with Gasteiger partial charge in [0, 0.05) is 12.6 Å². The van der Waals surface area contributed by atoms with E-state index in [0.717, 1.165) is 31.6 Å². The van der Waals surface area contributed by atoms with E-state index in [2.05, 4.69) is 5.32 Å². The van der Waals surface area contributed by atoms with Crippen molar-refractivity contribution in [3.63, 3.8) is 0 Å². The summed E-state index contributed by atoms with van der Waals surface area (Å²) in [5.41, 5.74) is -0.224. The number of hydrogen-bond acceptors (Lipinski definition) is 2. The van der Waals surface area contributed by atoms with Crippen LogP contribution in [0, 0.1) is 0 Å². The molecule has 1 aliphatic rings.